The number of rotatable bonds is 5. The van der Waals surface area contributed by atoms with Gasteiger partial charge in [-0.25, -0.2) is 9.97 Å². The van der Waals surface area contributed by atoms with E-state index in [9.17, 15) is 0 Å². The van der Waals surface area contributed by atoms with E-state index in [0.717, 1.165) is 83.7 Å². The molecule has 4 aromatic heterocycles. The lowest BCUT2D eigenvalue weighted by Crippen LogP contribution is -1.97. The van der Waals surface area contributed by atoms with E-state index >= 15 is 0 Å². The summed E-state index contributed by atoms with van der Waals surface area (Å²) in [6, 6.07) is 45.9. The number of aryl methyl sites for hydroxylation is 2. The molecule has 0 unspecified atom stereocenters. The highest BCUT2D eigenvalue weighted by Crippen LogP contribution is 2.35. The van der Waals surface area contributed by atoms with E-state index in [0.29, 0.717) is 5.82 Å². The maximum atomic E-state index is 5.02. The molecule has 8 aromatic rings. The Morgan fingerprint density at radius 3 is 1.89 bits per heavy atom. The van der Waals surface area contributed by atoms with Gasteiger partial charge in [-0.2, -0.15) is 0 Å². The van der Waals surface area contributed by atoms with Crippen LogP contribution in [0.1, 0.15) is 11.4 Å². The molecular formula is C41H29N5. The average molecular weight is 592 g/mol. The van der Waals surface area contributed by atoms with Gasteiger partial charge in [0.05, 0.1) is 28.1 Å². The van der Waals surface area contributed by atoms with E-state index in [2.05, 4.69) is 84.7 Å². The SMILES string of the molecule is Cc1ccc2ccc3c(-c4cccc(-c5cccc(-c6cc(-c7ccccn7)nc(-c7ccccc7)n6)c5)c4)cc(C)nc3c2n1. The van der Waals surface area contributed by atoms with Crippen LogP contribution in [0.5, 0.6) is 0 Å². The molecule has 0 spiro atoms. The van der Waals surface area contributed by atoms with Crippen LogP contribution in [0, 0.1) is 13.8 Å². The summed E-state index contributed by atoms with van der Waals surface area (Å²) in [5.74, 6) is 0.670. The van der Waals surface area contributed by atoms with Crippen molar-refractivity contribution in [3.05, 3.63) is 151 Å². The molecular weight excluding hydrogens is 562 g/mol. The molecule has 0 N–H and O–H groups in total. The van der Waals surface area contributed by atoms with Gasteiger partial charge in [0, 0.05) is 39.5 Å². The Morgan fingerprint density at radius 2 is 1.09 bits per heavy atom. The Bertz CT molecular complexity index is 2330. The first-order valence-electron chi connectivity index (χ1n) is 15.3. The molecule has 0 fully saturated rings. The topological polar surface area (TPSA) is 64.5 Å². The first-order chi connectivity index (χ1) is 22.6. The van der Waals surface area contributed by atoms with Crippen molar-refractivity contribution in [1.29, 1.82) is 0 Å². The molecule has 0 saturated heterocycles. The third-order valence-corrected chi connectivity index (χ3v) is 8.26. The number of aromatic nitrogens is 5. The van der Waals surface area contributed by atoms with Crippen molar-refractivity contribution >= 4 is 21.8 Å². The molecule has 4 aromatic carbocycles. The third-order valence-electron chi connectivity index (χ3n) is 8.26. The second-order valence-corrected chi connectivity index (χ2v) is 11.5. The molecule has 5 nitrogen and oxygen atoms in total. The second-order valence-electron chi connectivity index (χ2n) is 11.5. The molecule has 0 radical (unpaired) electrons. The highest BCUT2D eigenvalue weighted by atomic mass is 14.9. The van der Waals surface area contributed by atoms with Crippen LogP contribution in [-0.4, -0.2) is 24.9 Å². The zero-order chi connectivity index (χ0) is 31.0. The Hall–Kier alpha value is -6.07. The molecule has 0 aliphatic rings. The molecule has 8 rings (SSSR count). The summed E-state index contributed by atoms with van der Waals surface area (Å²) >= 11 is 0. The molecule has 0 aliphatic heterocycles. The Balaban J connectivity index is 1.23. The number of fused-ring (bicyclic) bond motifs is 3. The van der Waals surface area contributed by atoms with Crippen LogP contribution < -0.4 is 0 Å². The lowest BCUT2D eigenvalue weighted by molar-refractivity contribution is 1.16. The standard InChI is InChI=1S/C41H29N5/c1-26-17-18-28-19-20-34-35(22-27(2)44-40(34)39(28)43-26)32-14-8-12-30(23-32)31-13-9-15-33(24-31)37-25-38(36-16-6-7-21-42-36)46-41(45-37)29-10-4-3-5-11-29/h3-25H,1-2H3. The fourth-order valence-corrected chi connectivity index (χ4v) is 6.02. The van der Waals surface area contributed by atoms with Crippen LogP contribution in [0.2, 0.25) is 0 Å². The number of benzene rings is 4. The highest BCUT2D eigenvalue weighted by molar-refractivity contribution is 6.08. The maximum absolute atomic E-state index is 5.02. The van der Waals surface area contributed by atoms with Gasteiger partial charge >= 0.3 is 0 Å². The Morgan fingerprint density at radius 1 is 0.413 bits per heavy atom. The van der Waals surface area contributed by atoms with Gasteiger partial charge < -0.3 is 0 Å². The van der Waals surface area contributed by atoms with Crippen molar-refractivity contribution in [2.75, 3.05) is 0 Å². The highest BCUT2D eigenvalue weighted by Gasteiger charge is 2.14. The molecule has 5 heteroatoms. The lowest BCUT2D eigenvalue weighted by Gasteiger charge is -2.13. The van der Waals surface area contributed by atoms with Crippen molar-refractivity contribution in [1.82, 2.24) is 24.9 Å². The summed E-state index contributed by atoms with van der Waals surface area (Å²) in [7, 11) is 0. The van der Waals surface area contributed by atoms with E-state index in [1.807, 2.05) is 67.6 Å². The predicted molar refractivity (Wildman–Crippen MR) is 187 cm³/mol. The largest absolute Gasteiger partial charge is 0.255 e. The quantitative estimate of drug-likeness (QED) is 0.186. The third kappa shape index (κ3) is 5.18. The van der Waals surface area contributed by atoms with Gasteiger partial charge in [-0.3, -0.25) is 15.0 Å². The number of nitrogens with zero attached hydrogens (tertiary/aromatic N) is 5. The Labute approximate surface area is 267 Å². The zero-order valence-electron chi connectivity index (χ0n) is 25.5. The second kappa shape index (κ2) is 11.5. The van der Waals surface area contributed by atoms with Crippen molar-refractivity contribution in [3.63, 3.8) is 0 Å². The summed E-state index contributed by atoms with van der Waals surface area (Å²) in [4.78, 5) is 24.3. The molecule has 0 aliphatic carbocycles. The van der Waals surface area contributed by atoms with Gasteiger partial charge in [-0.1, -0.05) is 91.0 Å². The minimum Gasteiger partial charge on any atom is -0.255 e. The minimum absolute atomic E-state index is 0.670. The smallest absolute Gasteiger partial charge is 0.160 e. The molecule has 0 bridgehead atoms. The summed E-state index contributed by atoms with van der Waals surface area (Å²) in [6.45, 7) is 4.07. The minimum atomic E-state index is 0.670. The van der Waals surface area contributed by atoms with Crippen LogP contribution in [0.15, 0.2) is 140 Å². The molecule has 218 valence electrons. The van der Waals surface area contributed by atoms with E-state index < -0.39 is 0 Å². The Kier molecular flexibility index (Phi) is 6.84. The van der Waals surface area contributed by atoms with Gasteiger partial charge in [0.15, 0.2) is 5.82 Å². The van der Waals surface area contributed by atoms with Crippen molar-refractivity contribution in [2.45, 2.75) is 13.8 Å². The normalized spacial score (nSPS) is 11.3. The van der Waals surface area contributed by atoms with Gasteiger partial charge in [0.25, 0.3) is 0 Å². The van der Waals surface area contributed by atoms with Crippen LogP contribution in [0.4, 0.5) is 0 Å². The van der Waals surface area contributed by atoms with E-state index in [1.54, 1.807) is 6.20 Å². The molecule has 0 saturated carbocycles. The van der Waals surface area contributed by atoms with E-state index in [-0.39, 0.29) is 0 Å². The summed E-state index contributed by atoms with van der Waals surface area (Å²) in [5, 5.41) is 2.19. The van der Waals surface area contributed by atoms with Crippen LogP contribution >= 0.6 is 0 Å². The van der Waals surface area contributed by atoms with Crippen LogP contribution in [-0.2, 0) is 0 Å². The van der Waals surface area contributed by atoms with E-state index in [4.69, 9.17) is 19.9 Å². The average Bonchev–Trinajstić information content (AvgIpc) is 3.12. The summed E-state index contributed by atoms with van der Waals surface area (Å²) in [6.07, 6.45) is 1.79. The first kappa shape index (κ1) is 27.5. The van der Waals surface area contributed by atoms with Gasteiger partial charge in [-0.15, -0.1) is 0 Å². The monoisotopic (exact) mass is 591 g/mol. The molecule has 4 heterocycles. The van der Waals surface area contributed by atoms with Crippen molar-refractivity contribution < 1.29 is 0 Å². The fraction of sp³-hybridized carbons (Fsp3) is 0.0488. The van der Waals surface area contributed by atoms with Crippen molar-refractivity contribution in [3.8, 4) is 56.3 Å². The van der Waals surface area contributed by atoms with E-state index in [1.165, 1.54) is 0 Å². The molecule has 0 atom stereocenters. The van der Waals surface area contributed by atoms with Gasteiger partial charge in [0.1, 0.15) is 0 Å². The first-order valence-corrected chi connectivity index (χ1v) is 15.3. The van der Waals surface area contributed by atoms with Gasteiger partial charge in [0.2, 0.25) is 0 Å². The van der Waals surface area contributed by atoms with Crippen LogP contribution in [0.3, 0.4) is 0 Å². The van der Waals surface area contributed by atoms with Crippen molar-refractivity contribution in [2.24, 2.45) is 0 Å². The van der Waals surface area contributed by atoms with Crippen LogP contribution in [0.25, 0.3) is 78.1 Å². The summed E-state index contributed by atoms with van der Waals surface area (Å²) in [5.41, 5.74) is 12.8. The number of pyridine rings is 3. The number of hydrogen-bond acceptors (Lipinski definition) is 5. The zero-order valence-corrected chi connectivity index (χ0v) is 25.5. The summed E-state index contributed by atoms with van der Waals surface area (Å²) < 4.78 is 0. The lowest BCUT2D eigenvalue weighted by atomic mass is 9.94. The molecule has 46 heavy (non-hydrogen) atoms. The molecule has 0 amide bonds. The predicted octanol–water partition coefficient (Wildman–Crippen LogP) is 9.92. The fourth-order valence-electron chi connectivity index (χ4n) is 6.02. The number of hydrogen-bond donors (Lipinski definition) is 0. The maximum Gasteiger partial charge on any atom is 0.160 e. The van der Waals surface area contributed by atoms with Gasteiger partial charge in [-0.05, 0) is 78.6 Å².